The molecule has 3 aromatic carbocycles. The molecule has 1 unspecified atom stereocenters. The second kappa shape index (κ2) is 19.5. The molecule has 0 spiro atoms. The molecule has 1 aromatic heterocycles. The quantitative estimate of drug-likeness (QED) is 0.0760. The van der Waals surface area contributed by atoms with Crippen LogP contribution in [0.4, 0.5) is 38.0 Å². The fraction of sp³-hybridized carbons (Fsp3) is 0.465. The highest BCUT2D eigenvalue weighted by Crippen LogP contribution is 2.40. The number of carbonyl (C=O) groups excluding carboxylic acids is 1. The smallest absolute Gasteiger partial charge is 0.416 e. The highest BCUT2D eigenvalue weighted by atomic mass is 32.2. The van der Waals surface area contributed by atoms with E-state index in [2.05, 4.69) is 14.9 Å². The Kier molecular flexibility index (Phi) is 14.9. The molecule has 0 radical (unpaired) electrons. The first-order chi connectivity index (χ1) is 27.8. The Balaban J connectivity index is 1.38. The van der Waals surface area contributed by atoms with Crippen LogP contribution in [0.1, 0.15) is 85.4 Å². The van der Waals surface area contributed by atoms with E-state index in [0.717, 1.165) is 54.3 Å². The fourth-order valence-corrected chi connectivity index (χ4v) is 7.70. The largest absolute Gasteiger partial charge is 0.489 e. The number of rotatable bonds is 17. The van der Waals surface area contributed by atoms with Gasteiger partial charge in [-0.3, -0.25) is 4.79 Å². The number of hydrogen-bond donors (Lipinski definition) is 0. The Morgan fingerprint density at radius 3 is 2.07 bits per heavy atom. The predicted octanol–water partition coefficient (Wildman–Crippen LogP) is 9.78. The Morgan fingerprint density at radius 1 is 0.881 bits per heavy atom. The molecule has 1 fully saturated rings. The number of halogens is 6. The lowest BCUT2D eigenvalue weighted by atomic mass is 9.80. The van der Waals surface area contributed by atoms with Crippen LogP contribution < -0.4 is 14.5 Å². The van der Waals surface area contributed by atoms with Gasteiger partial charge in [-0.25, -0.2) is 18.4 Å². The number of sulfone groups is 1. The van der Waals surface area contributed by atoms with Gasteiger partial charge in [-0.2, -0.15) is 26.3 Å². The van der Waals surface area contributed by atoms with Gasteiger partial charge in [-0.05, 0) is 99.2 Å². The molecule has 1 heterocycles. The summed E-state index contributed by atoms with van der Waals surface area (Å²) in [5, 5.41) is 0. The zero-order chi connectivity index (χ0) is 43.0. The van der Waals surface area contributed by atoms with Gasteiger partial charge in [0.1, 0.15) is 13.2 Å². The third-order valence-corrected chi connectivity index (χ3v) is 11.5. The summed E-state index contributed by atoms with van der Waals surface area (Å²) in [4.78, 5) is 25.2. The number of alkyl halides is 6. The first-order valence-electron chi connectivity index (χ1n) is 19.5. The lowest BCUT2D eigenvalue weighted by Gasteiger charge is -2.36. The van der Waals surface area contributed by atoms with E-state index in [-0.39, 0.29) is 60.7 Å². The van der Waals surface area contributed by atoms with Crippen LogP contribution in [-0.2, 0) is 44.9 Å². The minimum atomic E-state index is -5.04. The minimum Gasteiger partial charge on any atom is -0.489 e. The van der Waals surface area contributed by atoms with Gasteiger partial charge >= 0.3 is 18.3 Å². The van der Waals surface area contributed by atoms with Crippen molar-refractivity contribution in [3.63, 3.8) is 0 Å². The predicted molar refractivity (Wildman–Crippen MR) is 214 cm³/mol. The van der Waals surface area contributed by atoms with Gasteiger partial charge < -0.3 is 19.3 Å². The van der Waals surface area contributed by atoms with Gasteiger partial charge in [-0.15, -0.1) is 0 Å². The van der Waals surface area contributed by atoms with Crippen LogP contribution in [0, 0.1) is 18.8 Å². The number of aryl methyl sites for hydroxylation is 1. The van der Waals surface area contributed by atoms with E-state index in [1.54, 1.807) is 4.90 Å². The summed E-state index contributed by atoms with van der Waals surface area (Å²) in [5.74, 6) is 0.212. The summed E-state index contributed by atoms with van der Waals surface area (Å²) in [6.45, 7) is 6.81. The van der Waals surface area contributed by atoms with Gasteiger partial charge in [0.05, 0.1) is 35.3 Å². The second-order valence-corrected chi connectivity index (χ2v) is 17.5. The molecule has 1 aliphatic rings. The van der Waals surface area contributed by atoms with E-state index in [1.807, 2.05) is 62.4 Å². The van der Waals surface area contributed by atoms with Crippen molar-refractivity contribution in [1.82, 2.24) is 9.97 Å². The SMILES string of the molecule is CCN(C[C@H]1CC[C@H](CC(=O)OCc2ccccc2)CC1)c1ccc(C)cc1CN(c1ncc(OCCS(C)(=O)=O)cn1)C(C)c1cc(C(F)(F)F)cc(C(F)(F)F)c1. The van der Waals surface area contributed by atoms with Gasteiger partial charge in [0, 0.05) is 38.0 Å². The van der Waals surface area contributed by atoms with Crippen molar-refractivity contribution in [1.29, 1.82) is 0 Å². The zero-order valence-corrected chi connectivity index (χ0v) is 34.3. The maximum absolute atomic E-state index is 14.0. The fourth-order valence-electron chi connectivity index (χ4n) is 7.32. The summed E-state index contributed by atoms with van der Waals surface area (Å²) in [6.07, 6.45) is -2.55. The maximum atomic E-state index is 14.0. The van der Waals surface area contributed by atoms with E-state index in [1.165, 1.54) is 19.3 Å². The van der Waals surface area contributed by atoms with Crippen LogP contribution in [0.15, 0.2) is 79.1 Å². The van der Waals surface area contributed by atoms with Crippen LogP contribution in [0.5, 0.6) is 5.75 Å². The summed E-state index contributed by atoms with van der Waals surface area (Å²) < 4.78 is 118. The number of anilines is 2. The van der Waals surface area contributed by atoms with E-state index in [0.29, 0.717) is 37.6 Å². The van der Waals surface area contributed by atoms with Gasteiger partial charge in [0.25, 0.3) is 0 Å². The van der Waals surface area contributed by atoms with Crippen molar-refractivity contribution in [3.05, 3.63) is 113 Å². The van der Waals surface area contributed by atoms with Crippen LogP contribution in [-0.4, -0.2) is 56.1 Å². The standard InChI is InChI=1S/C43H50F6N4O5S/c1-5-52(26-32-14-12-31(13-15-32)20-40(54)58-28-33-9-7-6-8-10-33)39-16-11-29(2)19-35(39)27-53(41-50-24-38(25-51-41)57-17-18-59(4,55)56)30(3)34-21-36(42(44,45)46)23-37(22-34)43(47,48)49/h6-11,16,19,21-25,30-32H,5,12-15,17-18,20,26-28H2,1-4H3/t30?,31-,32-. The molecule has 320 valence electrons. The lowest BCUT2D eigenvalue weighted by molar-refractivity contribution is -0.146. The van der Waals surface area contributed by atoms with Gasteiger partial charge in [-0.1, -0.05) is 48.0 Å². The number of hydrogen-bond acceptors (Lipinski definition) is 9. The third-order valence-electron chi connectivity index (χ3n) is 10.6. The molecule has 0 saturated heterocycles. The molecular weight excluding hydrogens is 799 g/mol. The van der Waals surface area contributed by atoms with Crippen molar-refractivity contribution >= 4 is 27.4 Å². The molecule has 9 nitrogen and oxygen atoms in total. The Labute approximate surface area is 341 Å². The van der Waals surface area contributed by atoms with Crippen molar-refractivity contribution in [2.24, 2.45) is 11.8 Å². The number of benzene rings is 3. The average Bonchev–Trinajstić information content (AvgIpc) is 3.18. The molecule has 16 heteroatoms. The first kappa shape index (κ1) is 45.2. The molecular formula is C43H50F6N4O5S. The van der Waals surface area contributed by atoms with E-state index < -0.39 is 39.4 Å². The van der Waals surface area contributed by atoms with Gasteiger partial charge in [0.15, 0.2) is 15.6 Å². The molecule has 59 heavy (non-hydrogen) atoms. The molecule has 1 saturated carbocycles. The molecule has 5 rings (SSSR count). The number of ether oxygens (including phenoxy) is 2. The summed E-state index contributed by atoms with van der Waals surface area (Å²) in [6, 6.07) is 15.8. The number of aromatic nitrogens is 2. The van der Waals surface area contributed by atoms with Crippen molar-refractivity contribution in [2.45, 2.75) is 84.4 Å². The number of nitrogens with zero attached hydrogens (tertiary/aromatic N) is 4. The third kappa shape index (κ3) is 13.3. The Hall–Kier alpha value is -4.86. The lowest BCUT2D eigenvalue weighted by Crippen LogP contribution is -2.34. The summed E-state index contributed by atoms with van der Waals surface area (Å²) in [5.41, 5.74) is 0.320. The van der Waals surface area contributed by atoms with E-state index in [4.69, 9.17) is 9.47 Å². The second-order valence-electron chi connectivity index (χ2n) is 15.2. The molecule has 0 bridgehead atoms. The minimum absolute atomic E-state index is 0.00931. The molecule has 0 N–H and O–H groups in total. The van der Waals surface area contributed by atoms with Crippen LogP contribution in [0.2, 0.25) is 0 Å². The number of carbonyl (C=O) groups is 1. The van der Waals surface area contributed by atoms with Crippen molar-refractivity contribution < 1.29 is 49.0 Å². The molecule has 0 amide bonds. The normalized spacial score (nSPS) is 16.6. The first-order valence-corrected chi connectivity index (χ1v) is 21.6. The molecule has 4 aromatic rings. The molecule has 0 aliphatic heterocycles. The highest BCUT2D eigenvalue weighted by molar-refractivity contribution is 7.90. The van der Waals surface area contributed by atoms with Crippen molar-refractivity contribution in [3.8, 4) is 5.75 Å². The monoisotopic (exact) mass is 848 g/mol. The topological polar surface area (TPSA) is 102 Å². The van der Waals surface area contributed by atoms with E-state index in [9.17, 15) is 39.6 Å². The van der Waals surface area contributed by atoms with Crippen molar-refractivity contribution in [2.75, 3.05) is 41.5 Å². The van der Waals surface area contributed by atoms with Crippen LogP contribution in [0.3, 0.4) is 0 Å². The molecule has 1 aliphatic carbocycles. The average molecular weight is 849 g/mol. The zero-order valence-electron chi connectivity index (χ0n) is 33.5. The summed E-state index contributed by atoms with van der Waals surface area (Å²) >= 11 is 0. The van der Waals surface area contributed by atoms with Gasteiger partial charge in [0.2, 0.25) is 5.95 Å². The number of esters is 1. The Morgan fingerprint density at radius 2 is 1.49 bits per heavy atom. The highest BCUT2D eigenvalue weighted by Gasteiger charge is 2.38. The Bertz CT molecular complexity index is 2080. The maximum Gasteiger partial charge on any atom is 0.416 e. The van der Waals surface area contributed by atoms with Crippen LogP contribution >= 0.6 is 0 Å². The summed E-state index contributed by atoms with van der Waals surface area (Å²) in [7, 11) is -3.32. The van der Waals surface area contributed by atoms with E-state index >= 15 is 0 Å². The van der Waals surface area contributed by atoms with Crippen LogP contribution in [0.25, 0.3) is 0 Å². The molecule has 1 atom stereocenters.